The molecule has 0 heterocycles. The summed E-state index contributed by atoms with van der Waals surface area (Å²) in [6.07, 6.45) is 0. The minimum Gasteiger partial charge on any atom is -0.423 e. The van der Waals surface area contributed by atoms with E-state index in [0.29, 0.717) is 11.3 Å². The van der Waals surface area contributed by atoms with Crippen molar-refractivity contribution in [1.82, 2.24) is 0 Å². The van der Waals surface area contributed by atoms with Crippen molar-refractivity contribution >= 4 is 28.6 Å². The molecule has 1 aromatic rings. The molecular formula is C12H13IO2. The first-order valence-electron chi connectivity index (χ1n) is 4.56. The van der Waals surface area contributed by atoms with Gasteiger partial charge < -0.3 is 4.74 Å². The van der Waals surface area contributed by atoms with Crippen LogP contribution in [0.25, 0.3) is 0 Å². The number of carbonyl (C=O) groups excluding carboxylic acids is 1. The lowest BCUT2D eigenvalue weighted by Gasteiger charge is -2.10. The molecule has 0 spiro atoms. The van der Waals surface area contributed by atoms with Crippen molar-refractivity contribution in [1.29, 1.82) is 0 Å². The van der Waals surface area contributed by atoms with Gasteiger partial charge in [-0.25, -0.2) is 4.79 Å². The molecule has 0 aliphatic rings. The van der Waals surface area contributed by atoms with Gasteiger partial charge in [0.05, 0.1) is 0 Å². The number of aryl methyl sites for hydroxylation is 2. The summed E-state index contributed by atoms with van der Waals surface area (Å²) < 4.78 is 6.39. The Morgan fingerprint density at radius 3 is 2.20 bits per heavy atom. The zero-order valence-corrected chi connectivity index (χ0v) is 11.2. The zero-order chi connectivity index (χ0) is 11.6. The normalized spacial score (nSPS) is 9.87. The lowest BCUT2D eigenvalue weighted by molar-refractivity contribution is -0.130. The third kappa shape index (κ3) is 3.06. The maximum Gasteiger partial charge on any atom is 0.338 e. The van der Waals surface area contributed by atoms with Crippen LogP contribution in [0.1, 0.15) is 18.1 Å². The highest BCUT2D eigenvalue weighted by molar-refractivity contribution is 14.1. The number of hydrogen-bond donors (Lipinski definition) is 0. The molecule has 0 N–H and O–H groups in total. The minimum absolute atomic E-state index is 0.373. The predicted octanol–water partition coefficient (Wildman–Crippen LogP) is 3.39. The van der Waals surface area contributed by atoms with E-state index in [1.165, 1.54) is 0 Å². The van der Waals surface area contributed by atoms with E-state index in [-0.39, 0.29) is 5.97 Å². The number of hydrogen-bond acceptors (Lipinski definition) is 2. The molecule has 0 bridgehead atoms. The number of rotatable bonds is 2. The number of benzene rings is 1. The van der Waals surface area contributed by atoms with Crippen molar-refractivity contribution in [2.45, 2.75) is 20.8 Å². The molecule has 0 atom stereocenters. The van der Waals surface area contributed by atoms with E-state index < -0.39 is 0 Å². The van der Waals surface area contributed by atoms with Crippen molar-refractivity contribution in [3.05, 3.63) is 39.0 Å². The lowest BCUT2D eigenvalue weighted by Crippen LogP contribution is -2.10. The maximum absolute atomic E-state index is 11.4. The topological polar surface area (TPSA) is 26.3 Å². The Morgan fingerprint density at radius 1 is 1.33 bits per heavy atom. The quantitative estimate of drug-likeness (QED) is 0.362. The van der Waals surface area contributed by atoms with Gasteiger partial charge in [0.15, 0.2) is 0 Å². The Labute approximate surface area is 103 Å². The summed E-state index contributed by atoms with van der Waals surface area (Å²) in [5.41, 5.74) is 2.34. The van der Waals surface area contributed by atoms with Gasteiger partial charge in [0.1, 0.15) is 5.75 Å². The largest absolute Gasteiger partial charge is 0.423 e. The molecule has 3 heteroatoms. The van der Waals surface area contributed by atoms with Gasteiger partial charge in [0.2, 0.25) is 0 Å². The monoisotopic (exact) mass is 316 g/mol. The van der Waals surface area contributed by atoms with Crippen LogP contribution >= 0.6 is 22.6 Å². The fourth-order valence-electron chi connectivity index (χ4n) is 1.24. The van der Waals surface area contributed by atoms with E-state index in [1.807, 2.05) is 26.0 Å². The highest BCUT2D eigenvalue weighted by Crippen LogP contribution is 2.26. The highest BCUT2D eigenvalue weighted by Gasteiger charge is 2.10. The Balaban J connectivity index is 3.05. The maximum atomic E-state index is 11.4. The number of esters is 1. The molecule has 0 aromatic heterocycles. The number of carbonyl (C=O) groups is 1. The third-order valence-corrected chi connectivity index (χ3v) is 2.59. The summed E-state index contributed by atoms with van der Waals surface area (Å²) in [4.78, 5) is 11.4. The third-order valence-electron chi connectivity index (χ3n) is 1.97. The van der Waals surface area contributed by atoms with Crippen LogP contribution in [0.2, 0.25) is 0 Å². The predicted molar refractivity (Wildman–Crippen MR) is 69.1 cm³/mol. The van der Waals surface area contributed by atoms with Gasteiger partial charge in [0, 0.05) is 9.14 Å². The standard InChI is InChI=1S/C12H13IO2/c1-7(2)12(14)15-11-8(3)5-10(13)6-9(11)4/h5-6H,1H2,2-4H3. The number of halogens is 1. The van der Waals surface area contributed by atoms with Crippen molar-refractivity contribution in [3.63, 3.8) is 0 Å². The van der Waals surface area contributed by atoms with Gasteiger partial charge in [-0.15, -0.1) is 0 Å². The molecule has 0 saturated carbocycles. The summed E-state index contributed by atoms with van der Waals surface area (Å²) in [6.45, 7) is 9.04. The average molecular weight is 316 g/mol. The summed E-state index contributed by atoms with van der Waals surface area (Å²) in [6, 6.07) is 3.96. The summed E-state index contributed by atoms with van der Waals surface area (Å²) >= 11 is 2.24. The first-order chi connectivity index (χ1) is 6.91. The SMILES string of the molecule is C=C(C)C(=O)Oc1c(C)cc(I)cc1C. The Kier molecular flexibility index (Phi) is 3.90. The summed E-state index contributed by atoms with van der Waals surface area (Å²) in [7, 11) is 0. The molecule has 0 saturated heterocycles. The van der Waals surface area contributed by atoms with Gasteiger partial charge in [-0.05, 0) is 66.6 Å². The van der Waals surface area contributed by atoms with E-state index in [0.717, 1.165) is 14.7 Å². The van der Waals surface area contributed by atoms with Crippen LogP contribution in [0.3, 0.4) is 0 Å². The average Bonchev–Trinajstić information content (AvgIpc) is 2.10. The van der Waals surface area contributed by atoms with Crippen LogP contribution in [0.5, 0.6) is 5.75 Å². The fourth-order valence-corrected chi connectivity index (χ4v) is 2.17. The first-order valence-corrected chi connectivity index (χ1v) is 5.64. The molecular weight excluding hydrogens is 303 g/mol. The molecule has 2 nitrogen and oxygen atoms in total. The molecule has 1 aromatic carbocycles. The molecule has 0 amide bonds. The zero-order valence-electron chi connectivity index (χ0n) is 9.06. The highest BCUT2D eigenvalue weighted by atomic mass is 127. The Morgan fingerprint density at radius 2 is 1.80 bits per heavy atom. The second kappa shape index (κ2) is 4.79. The van der Waals surface area contributed by atoms with Crippen LogP contribution < -0.4 is 4.74 Å². The van der Waals surface area contributed by atoms with E-state index in [1.54, 1.807) is 6.92 Å². The summed E-state index contributed by atoms with van der Waals surface area (Å²) in [5, 5.41) is 0. The van der Waals surface area contributed by atoms with E-state index >= 15 is 0 Å². The Hall–Kier alpha value is -0.840. The van der Waals surface area contributed by atoms with Crippen LogP contribution in [-0.4, -0.2) is 5.97 Å². The Bertz CT molecular complexity index is 399. The van der Waals surface area contributed by atoms with Crippen molar-refractivity contribution < 1.29 is 9.53 Å². The smallest absolute Gasteiger partial charge is 0.338 e. The minimum atomic E-state index is -0.373. The van der Waals surface area contributed by atoms with Gasteiger partial charge in [0.25, 0.3) is 0 Å². The van der Waals surface area contributed by atoms with Crippen LogP contribution in [0.15, 0.2) is 24.3 Å². The second-order valence-corrected chi connectivity index (χ2v) is 4.78. The van der Waals surface area contributed by atoms with E-state index in [2.05, 4.69) is 29.2 Å². The van der Waals surface area contributed by atoms with Crippen LogP contribution in [0, 0.1) is 17.4 Å². The van der Waals surface area contributed by atoms with Gasteiger partial charge in [-0.2, -0.15) is 0 Å². The van der Waals surface area contributed by atoms with Crippen molar-refractivity contribution in [2.75, 3.05) is 0 Å². The molecule has 0 fully saturated rings. The summed E-state index contributed by atoms with van der Waals surface area (Å²) in [5.74, 6) is 0.269. The first kappa shape index (κ1) is 12.2. The van der Waals surface area contributed by atoms with Crippen molar-refractivity contribution in [2.24, 2.45) is 0 Å². The fraction of sp³-hybridized carbons (Fsp3) is 0.250. The van der Waals surface area contributed by atoms with Gasteiger partial charge >= 0.3 is 5.97 Å². The molecule has 15 heavy (non-hydrogen) atoms. The second-order valence-electron chi connectivity index (χ2n) is 3.54. The van der Waals surface area contributed by atoms with Crippen molar-refractivity contribution in [3.8, 4) is 5.75 Å². The van der Waals surface area contributed by atoms with Gasteiger partial charge in [-0.1, -0.05) is 6.58 Å². The molecule has 0 unspecified atom stereocenters. The van der Waals surface area contributed by atoms with E-state index in [4.69, 9.17) is 4.74 Å². The lowest BCUT2D eigenvalue weighted by atomic mass is 10.1. The van der Waals surface area contributed by atoms with Crippen LogP contribution in [-0.2, 0) is 4.79 Å². The molecule has 1 rings (SSSR count). The van der Waals surface area contributed by atoms with Gasteiger partial charge in [-0.3, -0.25) is 0 Å². The molecule has 80 valence electrons. The number of ether oxygens (including phenoxy) is 1. The molecule has 0 aliphatic heterocycles. The molecule has 0 radical (unpaired) electrons. The van der Waals surface area contributed by atoms with E-state index in [9.17, 15) is 4.79 Å². The van der Waals surface area contributed by atoms with Crippen LogP contribution in [0.4, 0.5) is 0 Å². The molecule has 0 aliphatic carbocycles.